The van der Waals surface area contributed by atoms with E-state index in [1.807, 2.05) is 0 Å². The fourth-order valence-electron chi connectivity index (χ4n) is 3.19. The molecule has 1 fully saturated rings. The highest BCUT2D eigenvalue weighted by Crippen LogP contribution is 2.15. The van der Waals surface area contributed by atoms with E-state index in [4.69, 9.17) is 4.98 Å². The lowest BCUT2D eigenvalue weighted by Crippen LogP contribution is -2.46. The predicted octanol–water partition coefficient (Wildman–Crippen LogP) is 2.61. The molecule has 1 saturated heterocycles. The second kappa shape index (κ2) is 8.92. The SMILES string of the molecule is CCCNCc1cc(C)nc(N2CCN(Cc3ccccc3)CC2)n1. The van der Waals surface area contributed by atoms with Gasteiger partial charge in [0, 0.05) is 45.0 Å². The highest BCUT2D eigenvalue weighted by molar-refractivity contribution is 5.33. The fourth-order valence-corrected chi connectivity index (χ4v) is 3.19. The minimum Gasteiger partial charge on any atom is -0.338 e. The van der Waals surface area contributed by atoms with Gasteiger partial charge in [-0.1, -0.05) is 37.3 Å². The lowest BCUT2D eigenvalue weighted by atomic mass is 10.2. The van der Waals surface area contributed by atoms with Crippen molar-refractivity contribution in [3.8, 4) is 0 Å². The van der Waals surface area contributed by atoms with Crippen molar-refractivity contribution >= 4 is 5.95 Å². The molecular weight excluding hydrogens is 310 g/mol. The van der Waals surface area contributed by atoms with Crippen LogP contribution >= 0.6 is 0 Å². The van der Waals surface area contributed by atoms with E-state index in [9.17, 15) is 0 Å². The maximum absolute atomic E-state index is 4.77. The monoisotopic (exact) mass is 339 g/mol. The van der Waals surface area contributed by atoms with Gasteiger partial charge in [0.2, 0.25) is 5.95 Å². The number of hydrogen-bond acceptors (Lipinski definition) is 5. The Balaban J connectivity index is 1.57. The summed E-state index contributed by atoms with van der Waals surface area (Å²) in [6.45, 7) is 11.2. The molecule has 0 unspecified atom stereocenters. The third kappa shape index (κ3) is 5.25. The fraction of sp³-hybridized carbons (Fsp3) is 0.500. The van der Waals surface area contributed by atoms with Gasteiger partial charge in [-0.05, 0) is 31.5 Å². The van der Waals surface area contributed by atoms with Gasteiger partial charge >= 0.3 is 0 Å². The summed E-state index contributed by atoms with van der Waals surface area (Å²) < 4.78 is 0. The molecule has 0 aliphatic carbocycles. The van der Waals surface area contributed by atoms with Gasteiger partial charge in [-0.3, -0.25) is 4.90 Å². The van der Waals surface area contributed by atoms with Crippen molar-refractivity contribution in [1.82, 2.24) is 20.2 Å². The van der Waals surface area contributed by atoms with Crippen LogP contribution in [-0.2, 0) is 13.1 Å². The van der Waals surface area contributed by atoms with Crippen LogP contribution < -0.4 is 10.2 Å². The van der Waals surface area contributed by atoms with E-state index >= 15 is 0 Å². The first-order valence-corrected chi connectivity index (χ1v) is 9.31. The van der Waals surface area contributed by atoms with Crippen molar-refractivity contribution in [3.63, 3.8) is 0 Å². The van der Waals surface area contributed by atoms with Crippen molar-refractivity contribution in [2.24, 2.45) is 0 Å². The van der Waals surface area contributed by atoms with E-state index in [-0.39, 0.29) is 0 Å². The average Bonchev–Trinajstić information content (AvgIpc) is 2.63. The Morgan fingerprint density at radius 1 is 1.04 bits per heavy atom. The smallest absolute Gasteiger partial charge is 0.225 e. The molecule has 0 saturated carbocycles. The number of nitrogens with one attached hydrogen (secondary N) is 1. The summed E-state index contributed by atoms with van der Waals surface area (Å²) in [4.78, 5) is 14.3. The lowest BCUT2D eigenvalue weighted by molar-refractivity contribution is 0.248. The van der Waals surface area contributed by atoms with Crippen LogP contribution in [0.3, 0.4) is 0 Å². The van der Waals surface area contributed by atoms with Crippen LogP contribution in [0.2, 0.25) is 0 Å². The molecule has 0 spiro atoms. The summed E-state index contributed by atoms with van der Waals surface area (Å²) in [6, 6.07) is 12.8. The molecule has 134 valence electrons. The standard InChI is InChI=1S/C20H29N5/c1-3-9-21-15-19-14-17(2)22-20(23-19)25-12-10-24(11-13-25)16-18-7-5-4-6-8-18/h4-8,14,21H,3,9-13,15-16H2,1-2H3. The zero-order valence-corrected chi connectivity index (χ0v) is 15.4. The van der Waals surface area contributed by atoms with E-state index in [1.165, 1.54) is 5.56 Å². The first-order valence-electron chi connectivity index (χ1n) is 9.31. The summed E-state index contributed by atoms with van der Waals surface area (Å²) in [6.07, 6.45) is 1.14. The zero-order chi connectivity index (χ0) is 17.5. The number of piperazine rings is 1. The van der Waals surface area contributed by atoms with E-state index in [0.717, 1.165) is 69.6 Å². The average molecular weight is 339 g/mol. The largest absolute Gasteiger partial charge is 0.338 e. The highest BCUT2D eigenvalue weighted by Gasteiger charge is 2.19. The van der Waals surface area contributed by atoms with Gasteiger partial charge in [0.05, 0.1) is 5.69 Å². The Morgan fingerprint density at radius 3 is 2.52 bits per heavy atom. The molecule has 1 aliphatic heterocycles. The van der Waals surface area contributed by atoms with Gasteiger partial charge in [0.1, 0.15) is 0 Å². The maximum atomic E-state index is 4.77. The first kappa shape index (κ1) is 17.8. The Morgan fingerprint density at radius 2 is 1.80 bits per heavy atom. The molecule has 3 rings (SSSR count). The van der Waals surface area contributed by atoms with Crippen molar-refractivity contribution in [1.29, 1.82) is 0 Å². The number of rotatable bonds is 7. The highest BCUT2D eigenvalue weighted by atomic mass is 15.3. The van der Waals surface area contributed by atoms with Crippen molar-refractivity contribution in [2.75, 3.05) is 37.6 Å². The van der Waals surface area contributed by atoms with Crippen LogP contribution in [0.25, 0.3) is 0 Å². The molecule has 1 N–H and O–H groups in total. The number of anilines is 1. The molecule has 5 nitrogen and oxygen atoms in total. The molecule has 2 heterocycles. The Bertz CT molecular complexity index is 650. The quantitative estimate of drug-likeness (QED) is 0.786. The second-order valence-corrected chi connectivity index (χ2v) is 6.73. The van der Waals surface area contributed by atoms with Gasteiger partial charge in [-0.15, -0.1) is 0 Å². The molecular formula is C20H29N5. The molecule has 0 bridgehead atoms. The van der Waals surface area contributed by atoms with Crippen LogP contribution in [0, 0.1) is 6.92 Å². The molecule has 0 radical (unpaired) electrons. The van der Waals surface area contributed by atoms with Crippen LogP contribution in [0.5, 0.6) is 0 Å². The molecule has 2 aromatic rings. The third-order valence-electron chi connectivity index (χ3n) is 4.53. The summed E-state index contributed by atoms with van der Waals surface area (Å²) in [5.41, 5.74) is 3.51. The molecule has 0 amide bonds. The lowest BCUT2D eigenvalue weighted by Gasteiger charge is -2.35. The van der Waals surface area contributed by atoms with E-state index in [0.29, 0.717) is 0 Å². The van der Waals surface area contributed by atoms with E-state index < -0.39 is 0 Å². The summed E-state index contributed by atoms with van der Waals surface area (Å²) >= 11 is 0. The molecule has 25 heavy (non-hydrogen) atoms. The number of benzene rings is 1. The Labute approximate surface area is 151 Å². The topological polar surface area (TPSA) is 44.3 Å². The van der Waals surface area contributed by atoms with Crippen LogP contribution in [-0.4, -0.2) is 47.6 Å². The van der Waals surface area contributed by atoms with Crippen molar-refractivity contribution in [2.45, 2.75) is 33.4 Å². The number of aryl methyl sites for hydroxylation is 1. The van der Waals surface area contributed by atoms with Crippen molar-refractivity contribution in [3.05, 3.63) is 53.3 Å². The number of nitrogens with zero attached hydrogens (tertiary/aromatic N) is 4. The summed E-state index contributed by atoms with van der Waals surface area (Å²) in [7, 11) is 0. The molecule has 1 aliphatic rings. The molecule has 1 aromatic heterocycles. The summed E-state index contributed by atoms with van der Waals surface area (Å²) in [5.74, 6) is 0.882. The Hall–Kier alpha value is -1.98. The minimum atomic E-state index is 0.818. The number of hydrogen-bond donors (Lipinski definition) is 1. The maximum Gasteiger partial charge on any atom is 0.225 e. The van der Waals surface area contributed by atoms with Gasteiger partial charge in [0.15, 0.2) is 0 Å². The number of aromatic nitrogens is 2. The molecule has 5 heteroatoms. The van der Waals surface area contributed by atoms with Gasteiger partial charge in [0.25, 0.3) is 0 Å². The van der Waals surface area contributed by atoms with E-state index in [1.54, 1.807) is 0 Å². The molecule has 0 atom stereocenters. The van der Waals surface area contributed by atoms with Crippen molar-refractivity contribution < 1.29 is 0 Å². The normalized spacial score (nSPS) is 15.5. The third-order valence-corrected chi connectivity index (χ3v) is 4.53. The second-order valence-electron chi connectivity index (χ2n) is 6.73. The van der Waals surface area contributed by atoms with Crippen LogP contribution in [0.1, 0.15) is 30.3 Å². The molecule has 1 aromatic carbocycles. The summed E-state index contributed by atoms with van der Waals surface area (Å²) in [5, 5.41) is 3.43. The predicted molar refractivity (Wildman–Crippen MR) is 103 cm³/mol. The van der Waals surface area contributed by atoms with Crippen LogP contribution in [0.15, 0.2) is 36.4 Å². The first-order chi connectivity index (χ1) is 12.2. The van der Waals surface area contributed by atoms with Gasteiger partial charge in [-0.2, -0.15) is 0 Å². The van der Waals surface area contributed by atoms with Gasteiger partial charge in [-0.25, -0.2) is 9.97 Å². The van der Waals surface area contributed by atoms with Gasteiger partial charge < -0.3 is 10.2 Å². The minimum absolute atomic E-state index is 0.818. The van der Waals surface area contributed by atoms with Crippen LogP contribution in [0.4, 0.5) is 5.95 Å². The zero-order valence-electron chi connectivity index (χ0n) is 15.4. The Kier molecular flexibility index (Phi) is 6.36. The van der Waals surface area contributed by atoms with E-state index in [2.05, 4.69) is 70.3 Å².